The molecule has 2 aliphatic heterocycles. The van der Waals surface area contributed by atoms with E-state index in [0.717, 1.165) is 43.7 Å². The summed E-state index contributed by atoms with van der Waals surface area (Å²) < 4.78 is 1.93. The van der Waals surface area contributed by atoms with E-state index in [9.17, 15) is 14.4 Å². The molecular formula is C23H24N4O3. The molecule has 0 radical (unpaired) electrons. The minimum absolute atomic E-state index is 0.0907. The predicted molar refractivity (Wildman–Crippen MR) is 115 cm³/mol. The maximum absolute atomic E-state index is 12.7. The molecular weight excluding hydrogens is 380 g/mol. The number of likely N-dealkylation sites (tertiary alicyclic amines) is 1. The van der Waals surface area contributed by atoms with Gasteiger partial charge in [0.2, 0.25) is 5.56 Å². The summed E-state index contributed by atoms with van der Waals surface area (Å²) in [5.74, 6) is 0.591. The van der Waals surface area contributed by atoms with Crippen LogP contribution in [0, 0.1) is 5.92 Å². The Balaban J connectivity index is 1.25. The molecule has 2 bridgehead atoms. The molecule has 0 saturated carbocycles. The number of piperidine rings is 1. The SMILES string of the molecule is O=C(NCCN1CC2CC(C1)c1cccc(=O)n1C2)c1cc(=O)[nH]c2ccccc12. The highest BCUT2D eigenvalue weighted by Crippen LogP contribution is 2.34. The van der Waals surface area contributed by atoms with E-state index < -0.39 is 0 Å². The number of hydrogen-bond acceptors (Lipinski definition) is 4. The van der Waals surface area contributed by atoms with Gasteiger partial charge in [-0.3, -0.25) is 14.4 Å². The Morgan fingerprint density at radius 2 is 1.93 bits per heavy atom. The van der Waals surface area contributed by atoms with Crippen molar-refractivity contribution in [3.05, 3.63) is 80.5 Å². The number of carbonyl (C=O) groups is 1. The molecule has 5 rings (SSSR count). The normalized spacial score (nSPS) is 20.7. The molecule has 2 aromatic heterocycles. The van der Waals surface area contributed by atoms with E-state index in [1.165, 1.54) is 6.07 Å². The average Bonchev–Trinajstić information content (AvgIpc) is 2.74. The van der Waals surface area contributed by atoms with Crippen LogP contribution in [0.4, 0.5) is 0 Å². The van der Waals surface area contributed by atoms with Crippen LogP contribution in [-0.4, -0.2) is 46.5 Å². The average molecular weight is 404 g/mol. The second kappa shape index (κ2) is 7.57. The largest absolute Gasteiger partial charge is 0.351 e. The van der Waals surface area contributed by atoms with Crippen molar-refractivity contribution < 1.29 is 4.79 Å². The van der Waals surface area contributed by atoms with Crippen molar-refractivity contribution in [2.24, 2.45) is 5.92 Å². The van der Waals surface area contributed by atoms with Crippen LogP contribution in [0.5, 0.6) is 0 Å². The molecule has 2 aliphatic rings. The number of nitrogens with one attached hydrogen (secondary N) is 2. The summed E-state index contributed by atoms with van der Waals surface area (Å²) in [5, 5.41) is 3.71. The highest BCUT2D eigenvalue weighted by molar-refractivity contribution is 6.05. The Morgan fingerprint density at radius 3 is 2.83 bits per heavy atom. The van der Waals surface area contributed by atoms with Crippen LogP contribution in [0.25, 0.3) is 10.9 Å². The van der Waals surface area contributed by atoms with Gasteiger partial charge in [0.1, 0.15) is 0 Å². The number of rotatable bonds is 4. The molecule has 2 unspecified atom stereocenters. The molecule has 1 aromatic carbocycles. The Hall–Kier alpha value is -3.19. The molecule has 7 heteroatoms. The molecule has 7 nitrogen and oxygen atoms in total. The first-order valence-electron chi connectivity index (χ1n) is 10.4. The Kier molecular flexibility index (Phi) is 4.75. The van der Waals surface area contributed by atoms with Crippen LogP contribution in [-0.2, 0) is 6.54 Å². The smallest absolute Gasteiger partial charge is 0.252 e. The van der Waals surface area contributed by atoms with Crippen LogP contribution in [0.2, 0.25) is 0 Å². The second-order valence-electron chi connectivity index (χ2n) is 8.31. The summed E-state index contributed by atoms with van der Waals surface area (Å²) in [4.78, 5) is 41.9. The molecule has 0 aliphatic carbocycles. The van der Waals surface area contributed by atoms with E-state index in [1.54, 1.807) is 12.1 Å². The fourth-order valence-electron chi connectivity index (χ4n) is 4.99. The first-order valence-corrected chi connectivity index (χ1v) is 10.4. The molecule has 0 spiro atoms. The number of hydrogen-bond donors (Lipinski definition) is 2. The first kappa shape index (κ1) is 18.8. The van der Waals surface area contributed by atoms with Crippen LogP contribution < -0.4 is 16.4 Å². The molecule has 1 fully saturated rings. The molecule has 154 valence electrons. The van der Waals surface area contributed by atoms with Gasteiger partial charge in [-0.2, -0.15) is 0 Å². The lowest BCUT2D eigenvalue weighted by Crippen LogP contribution is -2.48. The summed E-state index contributed by atoms with van der Waals surface area (Å²) >= 11 is 0. The molecule has 3 aromatic rings. The third-order valence-corrected chi connectivity index (χ3v) is 6.26. The van der Waals surface area contributed by atoms with Crippen molar-refractivity contribution in [2.75, 3.05) is 26.2 Å². The zero-order valence-electron chi connectivity index (χ0n) is 16.6. The number of para-hydroxylation sites is 1. The molecule has 2 N–H and O–H groups in total. The van der Waals surface area contributed by atoms with E-state index >= 15 is 0 Å². The number of benzene rings is 1. The van der Waals surface area contributed by atoms with Gasteiger partial charge in [0, 0.05) is 67.4 Å². The molecule has 1 saturated heterocycles. The number of aromatic amines is 1. The predicted octanol–water partition coefficient (Wildman–Crippen LogP) is 1.54. The minimum Gasteiger partial charge on any atom is -0.351 e. The minimum atomic E-state index is -0.281. The van der Waals surface area contributed by atoms with Gasteiger partial charge in [-0.1, -0.05) is 24.3 Å². The van der Waals surface area contributed by atoms with Gasteiger partial charge in [0.05, 0.1) is 5.56 Å². The van der Waals surface area contributed by atoms with Crippen LogP contribution in [0.1, 0.15) is 28.4 Å². The summed E-state index contributed by atoms with van der Waals surface area (Å²) in [5.41, 5.74) is 2.00. The highest BCUT2D eigenvalue weighted by atomic mass is 16.2. The van der Waals surface area contributed by atoms with Crippen molar-refractivity contribution in [3.63, 3.8) is 0 Å². The van der Waals surface area contributed by atoms with Crippen LogP contribution in [0.3, 0.4) is 0 Å². The number of amides is 1. The van der Waals surface area contributed by atoms with Crippen molar-refractivity contribution in [1.82, 2.24) is 19.8 Å². The maximum atomic E-state index is 12.7. The lowest BCUT2D eigenvalue weighted by molar-refractivity contribution is 0.0929. The van der Waals surface area contributed by atoms with Gasteiger partial charge in [-0.15, -0.1) is 0 Å². The number of nitrogens with zero attached hydrogens (tertiary/aromatic N) is 2. The second-order valence-corrected chi connectivity index (χ2v) is 8.31. The zero-order chi connectivity index (χ0) is 20.7. The zero-order valence-corrected chi connectivity index (χ0v) is 16.6. The van der Waals surface area contributed by atoms with E-state index in [4.69, 9.17) is 0 Å². The van der Waals surface area contributed by atoms with Gasteiger partial charge in [0.15, 0.2) is 0 Å². The summed E-state index contributed by atoms with van der Waals surface area (Å²) in [7, 11) is 0. The number of carbonyl (C=O) groups excluding carboxylic acids is 1. The van der Waals surface area contributed by atoms with Gasteiger partial charge < -0.3 is 19.8 Å². The summed E-state index contributed by atoms with van der Waals surface area (Å²) in [6, 6.07) is 14.2. The van der Waals surface area contributed by atoms with E-state index in [0.29, 0.717) is 29.5 Å². The van der Waals surface area contributed by atoms with Crippen LogP contribution >= 0.6 is 0 Å². The Bertz CT molecular complexity index is 1230. The quantitative estimate of drug-likeness (QED) is 0.691. The van der Waals surface area contributed by atoms with Crippen molar-refractivity contribution >= 4 is 16.8 Å². The van der Waals surface area contributed by atoms with Crippen molar-refractivity contribution in [3.8, 4) is 0 Å². The molecule has 2 atom stereocenters. The summed E-state index contributed by atoms with van der Waals surface area (Å²) in [6.07, 6.45) is 1.12. The highest BCUT2D eigenvalue weighted by Gasteiger charge is 2.34. The number of pyridine rings is 2. The lowest BCUT2D eigenvalue weighted by atomic mass is 9.83. The van der Waals surface area contributed by atoms with Crippen molar-refractivity contribution in [1.29, 1.82) is 0 Å². The van der Waals surface area contributed by atoms with Gasteiger partial charge in [-0.25, -0.2) is 0 Å². The lowest BCUT2D eigenvalue weighted by Gasteiger charge is -2.42. The third kappa shape index (κ3) is 3.45. The molecule has 30 heavy (non-hydrogen) atoms. The van der Waals surface area contributed by atoms with Crippen molar-refractivity contribution in [2.45, 2.75) is 18.9 Å². The van der Waals surface area contributed by atoms with Gasteiger partial charge >= 0.3 is 0 Å². The standard InChI is InChI=1S/C23H24N4O3/c28-21-11-18(17-4-1-2-5-19(17)25-21)23(30)24-8-9-26-12-15-10-16(14-26)20-6-3-7-22(29)27(20)13-15/h1-7,11,15-16H,8-10,12-14H2,(H,24,30)(H,25,28). The Morgan fingerprint density at radius 1 is 1.07 bits per heavy atom. The van der Waals surface area contributed by atoms with Gasteiger partial charge in [0.25, 0.3) is 11.5 Å². The third-order valence-electron chi connectivity index (χ3n) is 6.26. The number of fused-ring (bicyclic) bond motifs is 5. The number of aromatic nitrogens is 2. The van der Waals surface area contributed by atoms with E-state index in [-0.39, 0.29) is 17.0 Å². The molecule has 4 heterocycles. The first-order chi connectivity index (χ1) is 14.6. The maximum Gasteiger partial charge on any atom is 0.252 e. The molecule has 1 amide bonds. The van der Waals surface area contributed by atoms with Crippen LogP contribution in [0.15, 0.2) is 58.1 Å². The topological polar surface area (TPSA) is 87.2 Å². The fourth-order valence-corrected chi connectivity index (χ4v) is 4.99. The Labute approximate surface area is 173 Å². The summed E-state index contributed by atoms with van der Waals surface area (Å²) in [6.45, 7) is 3.86. The van der Waals surface area contributed by atoms with E-state index in [2.05, 4.69) is 21.3 Å². The fraction of sp³-hybridized carbons (Fsp3) is 0.348. The van der Waals surface area contributed by atoms with Gasteiger partial charge in [-0.05, 0) is 24.5 Å². The van der Waals surface area contributed by atoms with E-state index in [1.807, 2.05) is 28.8 Å². The monoisotopic (exact) mass is 404 g/mol. The number of H-pyrrole nitrogens is 1.